The molecule has 3 heteroatoms. The maximum absolute atomic E-state index is 5.85. The first-order valence-electron chi connectivity index (χ1n) is 5.92. The third kappa shape index (κ3) is 3.34. The molecule has 0 saturated heterocycles. The Morgan fingerprint density at radius 3 is 2.44 bits per heavy atom. The lowest BCUT2D eigenvalue weighted by atomic mass is 10.1. The monoisotopic (exact) mass is 305 g/mol. The van der Waals surface area contributed by atoms with Crippen molar-refractivity contribution in [3.8, 4) is 11.5 Å². The van der Waals surface area contributed by atoms with Gasteiger partial charge in [-0.25, -0.2) is 0 Å². The second-order valence-corrected chi connectivity index (χ2v) is 5.11. The minimum Gasteiger partial charge on any atom is -0.457 e. The first kappa shape index (κ1) is 13.1. The Kier molecular flexibility index (Phi) is 4.39. The van der Waals surface area contributed by atoms with Crippen LogP contribution in [0.3, 0.4) is 0 Å². The standard InChI is InChI=1S/C15H16BrNO/c1-11-10-12(8-9-17)2-7-15(11)18-14-5-3-13(16)4-6-14/h2-7,10H,8-9,17H2,1H3. The predicted octanol–water partition coefficient (Wildman–Crippen LogP) is 4.05. The molecule has 0 aromatic heterocycles. The van der Waals surface area contributed by atoms with Gasteiger partial charge in [-0.2, -0.15) is 0 Å². The van der Waals surface area contributed by atoms with Crippen LogP contribution >= 0.6 is 15.9 Å². The zero-order chi connectivity index (χ0) is 13.0. The molecule has 18 heavy (non-hydrogen) atoms. The summed E-state index contributed by atoms with van der Waals surface area (Å²) in [5.74, 6) is 1.73. The van der Waals surface area contributed by atoms with Gasteiger partial charge < -0.3 is 10.5 Å². The van der Waals surface area contributed by atoms with Crippen LogP contribution in [0.4, 0.5) is 0 Å². The molecule has 0 spiro atoms. The number of aryl methyl sites for hydroxylation is 1. The summed E-state index contributed by atoms with van der Waals surface area (Å²) in [6.45, 7) is 2.72. The quantitative estimate of drug-likeness (QED) is 0.925. The van der Waals surface area contributed by atoms with Crippen LogP contribution in [-0.2, 0) is 6.42 Å². The van der Waals surface area contributed by atoms with E-state index >= 15 is 0 Å². The Balaban J connectivity index is 2.16. The van der Waals surface area contributed by atoms with Crippen LogP contribution in [0.15, 0.2) is 46.9 Å². The molecule has 2 nitrogen and oxygen atoms in total. The Hall–Kier alpha value is -1.32. The van der Waals surface area contributed by atoms with E-state index in [9.17, 15) is 0 Å². The van der Waals surface area contributed by atoms with Crippen molar-refractivity contribution >= 4 is 15.9 Å². The van der Waals surface area contributed by atoms with Crippen molar-refractivity contribution in [2.45, 2.75) is 13.3 Å². The summed E-state index contributed by atoms with van der Waals surface area (Å²) < 4.78 is 6.89. The average Bonchev–Trinajstić information content (AvgIpc) is 2.36. The van der Waals surface area contributed by atoms with Gasteiger partial charge in [-0.3, -0.25) is 0 Å². The van der Waals surface area contributed by atoms with Gasteiger partial charge in [0.2, 0.25) is 0 Å². The van der Waals surface area contributed by atoms with Crippen molar-refractivity contribution in [1.82, 2.24) is 0 Å². The van der Waals surface area contributed by atoms with Crippen molar-refractivity contribution in [1.29, 1.82) is 0 Å². The smallest absolute Gasteiger partial charge is 0.130 e. The molecule has 0 amide bonds. The molecule has 94 valence electrons. The lowest BCUT2D eigenvalue weighted by Crippen LogP contribution is -2.02. The molecule has 2 N–H and O–H groups in total. The normalized spacial score (nSPS) is 10.4. The van der Waals surface area contributed by atoms with Crippen LogP contribution in [0, 0.1) is 6.92 Å². The van der Waals surface area contributed by atoms with Crippen molar-refractivity contribution in [3.05, 3.63) is 58.1 Å². The van der Waals surface area contributed by atoms with Crippen LogP contribution in [0.2, 0.25) is 0 Å². The van der Waals surface area contributed by atoms with Gasteiger partial charge >= 0.3 is 0 Å². The minimum absolute atomic E-state index is 0.673. The summed E-state index contributed by atoms with van der Waals surface area (Å²) in [5.41, 5.74) is 7.93. The number of rotatable bonds is 4. The zero-order valence-electron chi connectivity index (χ0n) is 10.3. The lowest BCUT2D eigenvalue weighted by molar-refractivity contribution is 0.478. The van der Waals surface area contributed by atoms with E-state index in [4.69, 9.17) is 10.5 Å². The number of halogens is 1. The number of hydrogen-bond acceptors (Lipinski definition) is 2. The third-order valence-corrected chi connectivity index (χ3v) is 3.24. The largest absolute Gasteiger partial charge is 0.457 e. The highest BCUT2D eigenvalue weighted by Gasteiger charge is 2.02. The molecular weight excluding hydrogens is 290 g/mol. The van der Waals surface area contributed by atoms with E-state index in [1.54, 1.807) is 0 Å². The van der Waals surface area contributed by atoms with Crippen molar-refractivity contribution in [3.63, 3.8) is 0 Å². The average molecular weight is 306 g/mol. The Labute approximate surface area is 116 Å². The van der Waals surface area contributed by atoms with Gasteiger partial charge in [0.25, 0.3) is 0 Å². The van der Waals surface area contributed by atoms with Gasteiger partial charge in [0, 0.05) is 4.47 Å². The predicted molar refractivity (Wildman–Crippen MR) is 78.2 cm³/mol. The molecule has 2 rings (SSSR count). The maximum Gasteiger partial charge on any atom is 0.130 e. The van der Waals surface area contributed by atoms with Gasteiger partial charge in [-0.15, -0.1) is 0 Å². The van der Waals surface area contributed by atoms with Gasteiger partial charge in [0.05, 0.1) is 0 Å². The Bertz CT molecular complexity index is 523. The molecule has 0 unspecified atom stereocenters. The first-order valence-corrected chi connectivity index (χ1v) is 6.71. The number of ether oxygens (including phenoxy) is 1. The number of hydrogen-bond donors (Lipinski definition) is 1. The van der Waals surface area contributed by atoms with Crippen LogP contribution < -0.4 is 10.5 Å². The first-order chi connectivity index (χ1) is 8.69. The molecule has 0 bridgehead atoms. The number of nitrogens with two attached hydrogens (primary N) is 1. The third-order valence-electron chi connectivity index (χ3n) is 2.71. The highest BCUT2D eigenvalue weighted by Crippen LogP contribution is 2.26. The minimum atomic E-state index is 0.673. The fourth-order valence-corrected chi connectivity index (χ4v) is 2.04. The highest BCUT2D eigenvalue weighted by atomic mass is 79.9. The summed E-state index contributed by atoms with van der Waals surface area (Å²) in [6.07, 6.45) is 0.902. The molecule has 0 atom stereocenters. The molecule has 0 saturated carbocycles. The second-order valence-electron chi connectivity index (χ2n) is 4.19. The molecule has 0 aliphatic carbocycles. The molecule has 0 aliphatic heterocycles. The fourth-order valence-electron chi connectivity index (χ4n) is 1.78. The maximum atomic E-state index is 5.85. The van der Waals surface area contributed by atoms with Crippen LogP contribution in [0.1, 0.15) is 11.1 Å². The van der Waals surface area contributed by atoms with Crippen molar-refractivity contribution in [2.75, 3.05) is 6.54 Å². The van der Waals surface area contributed by atoms with E-state index in [-0.39, 0.29) is 0 Å². The van der Waals surface area contributed by atoms with Gasteiger partial charge in [0.15, 0.2) is 0 Å². The van der Waals surface area contributed by atoms with E-state index in [1.807, 2.05) is 37.3 Å². The Morgan fingerprint density at radius 1 is 1.11 bits per heavy atom. The van der Waals surface area contributed by atoms with E-state index in [0.29, 0.717) is 6.54 Å². The molecule has 0 aliphatic rings. The lowest BCUT2D eigenvalue weighted by Gasteiger charge is -2.10. The van der Waals surface area contributed by atoms with E-state index in [1.165, 1.54) is 5.56 Å². The topological polar surface area (TPSA) is 35.2 Å². The zero-order valence-corrected chi connectivity index (χ0v) is 11.9. The molecule has 2 aromatic rings. The summed E-state index contributed by atoms with van der Waals surface area (Å²) in [7, 11) is 0. The summed E-state index contributed by atoms with van der Waals surface area (Å²) in [5, 5.41) is 0. The highest BCUT2D eigenvalue weighted by molar-refractivity contribution is 9.10. The molecule has 0 fully saturated rings. The molecule has 0 radical (unpaired) electrons. The summed E-state index contributed by atoms with van der Waals surface area (Å²) in [4.78, 5) is 0. The van der Waals surface area contributed by atoms with Crippen molar-refractivity contribution < 1.29 is 4.74 Å². The number of benzene rings is 2. The molecule has 0 heterocycles. The van der Waals surface area contributed by atoms with Crippen LogP contribution in [0.25, 0.3) is 0 Å². The van der Waals surface area contributed by atoms with Gasteiger partial charge in [0.1, 0.15) is 11.5 Å². The second kappa shape index (κ2) is 6.03. The van der Waals surface area contributed by atoms with Gasteiger partial charge in [-0.1, -0.05) is 28.1 Å². The van der Waals surface area contributed by atoms with E-state index in [0.717, 1.165) is 28.0 Å². The van der Waals surface area contributed by atoms with Crippen LogP contribution in [0.5, 0.6) is 11.5 Å². The van der Waals surface area contributed by atoms with Crippen molar-refractivity contribution in [2.24, 2.45) is 5.73 Å². The van der Waals surface area contributed by atoms with Crippen LogP contribution in [-0.4, -0.2) is 6.54 Å². The Morgan fingerprint density at radius 2 is 1.83 bits per heavy atom. The molecular formula is C15H16BrNO. The van der Waals surface area contributed by atoms with E-state index < -0.39 is 0 Å². The summed E-state index contributed by atoms with van der Waals surface area (Å²) >= 11 is 3.40. The van der Waals surface area contributed by atoms with Gasteiger partial charge in [-0.05, 0) is 61.3 Å². The SMILES string of the molecule is Cc1cc(CCN)ccc1Oc1ccc(Br)cc1. The van der Waals surface area contributed by atoms with E-state index in [2.05, 4.69) is 28.1 Å². The molecule has 2 aromatic carbocycles. The summed E-state index contributed by atoms with van der Waals surface area (Å²) in [6, 6.07) is 14.0. The fraction of sp³-hybridized carbons (Fsp3) is 0.200.